The van der Waals surface area contributed by atoms with E-state index in [1.807, 2.05) is 0 Å². The fourth-order valence-electron chi connectivity index (χ4n) is 1.38. The van der Waals surface area contributed by atoms with Gasteiger partial charge in [0.2, 0.25) is 5.88 Å². The minimum atomic E-state index is -3.87. The van der Waals surface area contributed by atoms with Crippen molar-refractivity contribution in [1.29, 1.82) is 0 Å². The van der Waals surface area contributed by atoms with Crippen molar-refractivity contribution in [2.75, 3.05) is 10.5 Å². The van der Waals surface area contributed by atoms with Gasteiger partial charge in [-0.15, -0.1) is 0 Å². The van der Waals surface area contributed by atoms with Crippen LogP contribution in [0.4, 0.5) is 11.6 Å². The van der Waals surface area contributed by atoms with Crippen LogP contribution >= 0.6 is 27.5 Å². The highest BCUT2D eigenvalue weighted by Gasteiger charge is 2.21. The fourth-order valence-corrected chi connectivity index (χ4v) is 3.65. The van der Waals surface area contributed by atoms with Gasteiger partial charge >= 0.3 is 0 Å². The maximum Gasteiger partial charge on any atom is 0.265 e. The van der Waals surface area contributed by atoms with Crippen molar-refractivity contribution in [2.24, 2.45) is 0 Å². The van der Waals surface area contributed by atoms with E-state index in [0.29, 0.717) is 5.69 Å². The van der Waals surface area contributed by atoms with Crippen LogP contribution in [-0.2, 0) is 10.0 Å². The first-order valence-corrected chi connectivity index (χ1v) is 7.65. The van der Waals surface area contributed by atoms with Gasteiger partial charge in [0.1, 0.15) is 4.90 Å². The number of nitrogens with one attached hydrogen (secondary N) is 1. The molecule has 0 unspecified atom stereocenters. The fraction of sp³-hybridized carbons (Fsp3) is 0.100. The van der Waals surface area contributed by atoms with Crippen molar-refractivity contribution in [1.82, 2.24) is 5.16 Å². The molecule has 0 spiro atoms. The molecule has 0 saturated carbocycles. The summed E-state index contributed by atoms with van der Waals surface area (Å²) in [6.45, 7) is 1.68. The van der Waals surface area contributed by atoms with Crippen LogP contribution in [0.2, 0.25) is 5.02 Å². The van der Waals surface area contributed by atoms with Gasteiger partial charge in [0.15, 0.2) is 0 Å². The standard InChI is InChI=1S/C10H9BrClN3O3S/c1-5-2-9(18-14-5)15-19(16,17)8-4-6(12)3-7(13)10(8)11/h2-4,15H,13H2,1H3. The van der Waals surface area contributed by atoms with Gasteiger partial charge in [-0.05, 0) is 35.0 Å². The topological polar surface area (TPSA) is 98.2 Å². The zero-order valence-corrected chi connectivity index (χ0v) is 12.8. The molecule has 0 radical (unpaired) electrons. The van der Waals surface area contributed by atoms with E-state index in [2.05, 4.69) is 25.8 Å². The van der Waals surface area contributed by atoms with Crippen molar-refractivity contribution in [3.63, 3.8) is 0 Å². The number of sulfonamides is 1. The largest absolute Gasteiger partial charge is 0.398 e. The van der Waals surface area contributed by atoms with E-state index in [4.69, 9.17) is 21.9 Å². The van der Waals surface area contributed by atoms with Crippen LogP contribution in [0.3, 0.4) is 0 Å². The maximum atomic E-state index is 12.2. The van der Waals surface area contributed by atoms with E-state index in [0.717, 1.165) is 0 Å². The molecule has 0 saturated heterocycles. The second kappa shape index (κ2) is 5.03. The molecule has 0 bridgehead atoms. The van der Waals surface area contributed by atoms with E-state index in [-0.39, 0.29) is 26.0 Å². The molecule has 19 heavy (non-hydrogen) atoms. The normalized spacial score (nSPS) is 11.5. The third kappa shape index (κ3) is 3.02. The Hall–Kier alpha value is -1.25. The van der Waals surface area contributed by atoms with Gasteiger partial charge in [0.05, 0.1) is 10.2 Å². The summed E-state index contributed by atoms with van der Waals surface area (Å²) in [6, 6.07) is 4.19. The molecular weight excluding hydrogens is 358 g/mol. The van der Waals surface area contributed by atoms with Crippen LogP contribution in [0, 0.1) is 6.92 Å². The first-order valence-electron chi connectivity index (χ1n) is 5.00. The van der Waals surface area contributed by atoms with Crippen molar-refractivity contribution in [2.45, 2.75) is 11.8 Å². The maximum absolute atomic E-state index is 12.2. The highest BCUT2D eigenvalue weighted by atomic mass is 79.9. The number of anilines is 2. The summed E-state index contributed by atoms with van der Waals surface area (Å²) in [6.07, 6.45) is 0. The SMILES string of the molecule is Cc1cc(NS(=O)(=O)c2cc(Cl)cc(N)c2Br)on1. The molecule has 0 fully saturated rings. The number of rotatable bonds is 3. The summed E-state index contributed by atoms with van der Waals surface area (Å²) < 4.78 is 31.7. The monoisotopic (exact) mass is 365 g/mol. The lowest BCUT2D eigenvalue weighted by molar-refractivity contribution is 0.430. The van der Waals surface area contributed by atoms with Crippen molar-refractivity contribution in [3.8, 4) is 0 Å². The van der Waals surface area contributed by atoms with Gasteiger partial charge in [0, 0.05) is 16.8 Å². The molecular formula is C10H9BrClN3O3S. The summed E-state index contributed by atoms with van der Waals surface area (Å²) >= 11 is 8.93. The molecule has 0 aliphatic rings. The van der Waals surface area contributed by atoms with Gasteiger partial charge in [0.25, 0.3) is 10.0 Å². The van der Waals surface area contributed by atoms with E-state index in [1.165, 1.54) is 18.2 Å². The summed E-state index contributed by atoms with van der Waals surface area (Å²) in [4.78, 5) is -0.0773. The highest BCUT2D eigenvalue weighted by Crippen LogP contribution is 2.32. The van der Waals surface area contributed by atoms with E-state index < -0.39 is 10.0 Å². The predicted molar refractivity (Wildman–Crippen MR) is 75.6 cm³/mol. The quantitative estimate of drug-likeness (QED) is 0.814. The van der Waals surface area contributed by atoms with Crippen LogP contribution in [0.1, 0.15) is 5.69 Å². The molecule has 0 aliphatic heterocycles. The van der Waals surface area contributed by atoms with Gasteiger partial charge in [-0.1, -0.05) is 16.8 Å². The Labute approximate surface area is 123 Å². The summed E-state index contributed by atoms with van der Waals surface area (Å²) in [5.74, 6) is 0.0166. The van der Waals surface area contributed by atoms with Crippen molar-refractivity contribution >= 4 is 49.1 Å². The zero-order valence-electron chi connectivity index (χ0n) is 9.65. The lowest BCUT2D eigenvalue weighted by Gasteiger charge is -2.09. The van der Waals surface area contributed by atoms with E-state index >= 15 is 0 Å². The average molecular weight is 367 g/mol. The Morgan fingerprint density at radius 3 is 2.68 bits per heavy atom. The van der Waals surface area contributed by atoms with Crippen LogP contribution in [-0.4, -0.2) is 13.6 Å². The molecule has 0 aliphatic carbocycles. The lowest BCUT2D eigenvalue weighted by atomic mass is 10.3. The van der Waals surface area contributed by atoms with Crippen LogP contribution in [0.5, 0.6) is 0 Å². The number of aryl methyl sites for hydroxylation is 1. The van der Waals surface area contributed by atoms with Crippen molar-refractivity contribution in [3.05, 3.63) is 33.4 Å². The van der Waals surface area contributed by atoms with Gasteiger partial charge < -0.3 is 10.3 Å². The van der Waals surface area contributed by atoms with Gasteiger partial charge in [-0.2, -0.15) is 0 Å². The Bertz CT molecular complexity index is 730. The number of aromatic nitrogens is 1. The molecule has 1 heterocycles. The molecule has 102 valence electrons. The molecule has 0 atom stereocenters. The summed E-state index contributed by atoms with van der Waals surface area (Å²) in [5.41, 5.74) is 6.44. The molecule has 1 aromatic heterocycles. The third-order valence-electron chi connectivity index (χ3n) is 2.18. The van der Waals surface area contributed by atoms with Gasteiger partial charge in [-0.25, -0.2) is 13.1 Å². The van der Waals surface area contributed by atoms with Crippen molar-refractivity contribution < 1.29 is 12.9 Å². The Kier molecular flexibility index (Phi) is 3.75. The molecule has 6 nitrogen and oxygen atoms in total. The predicted octanol–water partition coefficient (Wildman–Crippen LogP) is 2.78. The summed E-state index contributed by atoms with van der Waals surface area (Å²) in [7, 11) is -3.87. The zero-order chi connectivity index (χ0) is 14.2. The second-order valence-electron chi connectivity index (χ2n) is 3.75. The number of nitrogen functional groups attached to an aromatic ring is 1. The molecule has 0 amide bonds. The number of hydrogen-bond acceptors (Lipinski definition) is 5. The average Bonchev–Trinajstić information content (AvgIpc) is 2.68. The first-order chi connectivity index (χ1) is 8.79. The smallest absolute Gasteiger partial charge is 0.265 e. The number of nitrogens with zero attached hydrogens (tertiary/aromatic N) is 1. The number of benzene rings is 1. The van der Waals surface area contributed by atoms with E-state index in [9.17, 15) is 8.42 Å². The van der Waals surface area contributed by atoms with Crippen LogP contribution < -0.4 is 10.5 Å². The number of nitrogens with two attached hydrogens (primary N) is 1. The third-order valence-corrected chi connectivity index (χ3v) is 4.92. The minimum absolute atomic E-state index is 0.0166. The Morgan fingerprint density at radius 1 is 1.42 bits per heavy atom. The molecule has 1 aromatic carbocycles. The second-order valence-corrected chi connectivity index (χ2v) is 6.63. The van der Waals surface area contributed by atoms with Crippen LogP contribution in [0.25, 0.3) is 0 Å². The van der Waals surface area contributed by atoms with E-state index in [1.54, 1.807) is 6.92 Å². The highest BCUT2D eigenvalue weighted by molar-refractivity contribution is 9.10. The first kappa shape index (κ1) is 14.2. The molecule has 2 rings (SSSR count). The Balaban J connectivity index is 2.45. The molecule has 2 aromatic rings. The van der Waals surface area contributed by atoms with Crippen LogP contribution in [0.15, 0.2) is 32.1 Å². The minimum Gasteiger partial charge on any atom is -0.398 e. The number of halogens is 2. The Morgan fingerprint density at radius 2 is 2.11 bits per heavy atom. The lowest BCUT2D eigenvalue weighted by Crippen LogP contribution is -2.13. The molecule has 3 N–H and O–H groups in total. The summed E-state index contributed by atoms with van der Waals surface area (Å²) in [5, 5.41) is 3.81. The number of hydrogen-bond donors (Lipinski definition) is 2. The molecule has 9 heteroatoms. The van der Waals surface area contributed by atoms with Gasteiger partial charge in [-0.3, -0.25) is 0 Å².